The summed E-state index contributed by atoms with van der Waals surface area (Å²) in [6.45, 7) is 4.30. The predicted molar refractivity (Wildman–Crippen MR) is 156 cm³/mol. The molecule has 2 fully saturated rings. The molecule has 0 N–H and O–H groups in total. The Kier molecular flexibility index (Phi) is 8.84. The van der Waals surface area contributed by atoms with Crippen molar-refractivity contribution in [1.82, 2.24) is 0 Å². The fourth-order valence-electron chi connectivity index (χ4n) is 7.68. The first-order valence-electron chi connectivity index (χ1n) is 15.2. The molecule has 0 amide bonds. The van der Waals surface area contributed by atoms with Gasteiger partial charge in [-0.1, -0.05) is 79.6 Å². The Labute approximate surface area is 221 Å². The highest BCUT2D eigenvalue weighted by Gasteiger charge is 2.30. The van der Waals surface area contributed by atoms with Crippen molar-refractivity contribution in [2.24, 2.45) is 23.7 Å². The lowest BCUT2D eigenvalue weighted by atomic mass is 9.69. The summed E-state index contributed by atoms with van der Waals surface area (Å²) in [5.41, 5.74) is 7.62. The van der Waals surface area contributed by atoms with Crippen LogP contribution in [0.4, 0.5) is 0 Å². The molecule has 0 aromatic heterocycles. The molecule has 1 atom stereocenters. The highest BCUT2D eigenvalue weighted by Crippen LogP contribution is 2.42. The molecule has 2 aromatic carbocycles. The topological polar surface area (TPSA) is 0 Å². The summed E-state index contributed by atoms with van der Waals surface area (Å²) in [6.07, 6.45) is 27.2. The quantitative estimate of drug-likeness (QED) is 0.346. The SMILES string of the molecule is C/C=C/CCC1CCC(C2CCc3cc(-c4ccc(C5CCC(/C=C/C)CC5)cc4)ccc3C2)CC1. The Balaban J connectivity index is 1.16. The van der Waals surface area contributed by atoms with Crippen LogP contribution in [0, 0.1) is 23.7 Å². The number of allylic oxidation sites excluding steroid dienone is 4. The van der Waals surface area contributed by atoms with E-state index in [1.54, 1.807) is 16.7 Å². The third kappa shape index (κ3) is 6.24. The van der Waals surface area contributed by atoms with Crippen molar-refractivity contribution >= 4 is 0 Å². The molecule has 36 heavy (non-hydrogen) atoms. The zero-order valence-corrected chi connectivity index (χ0v) is 22.9. The number of benzene rings is 2. The molecule has 0 aliphatic heterocycles. The van der Waals surface area contributed by atoms with Gasteiger partial charge in [-0.15, -0.1) is 0 Å². The van der Waals surface area contributed by atoms with Crippen LogP contribution in [0.3, 0.4) is 0 Å². The number of aryl methyl sites for hydroxylation is 1. The second-order valence-corrected chi connectivity index (χ2v) is 12.2. The highest BCUT2D eigenvalue weighted by molar-refractivity contribution is 5.65. The molecule has 0 spiro atoms. The van der Waals surface area contributed by atoms with Crippen molar-refractivity contribution < 1.29 is 0 Å². The predicted octanol–water partition coefficient (Wildman–Crippen LogP) is 10.5. The van der Waals surface area contributed by atoms with E-state index in [1.807, 2.05) is 0 Å². The first-order chi connectivity index (χ1) is 17.7. The number of rotatable bonds is 7. The molecule has 2 saturated carbocycles. The van der Waals surface area contributed by atoms with Crippen LogP contribution in [0.2, 0.25) is 0 Å². The van der Waals surface area contributed by atoms with Crippen LogP contribution >= 0.6 is 0 Å². The summed E-state index contributed by atoms with van der Waals surface area (Å²) in [5.74, 6) is 4.43. The summed E-state index contributed by atoms with van der Waals surface area (Å²) in [6, 6.07) is 17.0. The van der Waals surface area contributed by atoms with Crippen LogP contribution in [0.5, 0.6) is 0 Å². The average molecular weight is 481 g/mol. The molecule has 1 unspecified atom stereocenters. The number of hydrogen-bond acceptors (Lipinski definition) is 0. The van der Waals surface area contributed by atoms with Gasteiger partial charge in [0.15, 0.2) is 0 Å². The van der Waals surface area contributed by atoms with Gasteiger partial charge in [-0.25, -0.2) is 0 Å². The van der Waals surface area contributed by atoms with Crippen LogP contribution in [0.25, 0.3) is 11.1 Å². The fourth-order valence-corrected chi connectivity index (χ4v) is 7.68. The molecule has 3 aliphatic carbocycles. The molecule has 0 nitrogen and oxygen atoms in total. The molecule has 0 bridgehead atoms. The molecule has 0 radical (unpaired) electrons. The van der Waals surface area contributed by atoms with Crippen LogP contribution in [0.1, 0.15) is 107 Å². The van der Waals surface area contributed by atoms with Crippen molar-refractivity contribution in [3.8, 4) is 11.1 Å². The third-order valence-electron chi connectivity index (χ3n) is 9.96. The first-order valence-corrected chi connectivity index (χ1v) is 15.2. The number of fused-ring (bicyclic) bond motifs is 1. The monoisotopic (exact) mass is 480 g/mol. The van der Waals surface area contributed by atoms with Gasteiger partial charge < -0.3 is 0 Å². The van der Waals surface area contributed by atoms with E-state index < -0.39 is 0 Å². The maximum atomic E-state index is 2.51. The molecule has 3 aliphatic rings. The smallest absolute Gasteiger partial charge is 0.0162 e. The fraction of sp³-hybridized carbons (Fsp3) is 0.556. The van der Waals surface area contributed by atoms with E-state index in [0.29, 0.717) is 0 Å². The Morgan fingerprint density at radius 3 is 2.17 bits per heavy atom. The average Bonchev–Trinajstić information content (AvgIpc) is 2.94. The zero-order valence-electron chi connectivity index (χ0n) is 22.9. The minimum absolute atomic E-state index is 0.754. The lowest BCUT2D eigenvalue weighted by Crippen LogP contribution is -2.26. The van der Waals surface area contributed by atoms with Gasteiger partial charge in [0.2, 0.25) is 0 Å². The van der Waals surface area contributed by atoms with Crippen LogP contribution in [-0.2, 0) is 12.8 Å². The molecule has 0 heterocycles. The maximum absolute atomic E-state index is 2.51. The first kappa shape index (κ1) is 25.6. The van der Waals surface area contributed by atoms with E-state index in [2.05, 4.69) is 80.6 Å². The molecule has 2 aromatic rings. The van der Waals surface area contributed by atoms with Gasteiger partial charge in [0, 0.05) is 0 Å². The van der Waals surface area contributed by atoms with Gasteiger partial charge in [-0.2, -0.15) is 0 Å². The van der Waals surface area contributed by atoms with E-state index in [4.69, 9.17) is 0 Å². The maximum Gasteiger partial charge on any atom is -0.0162 e. The van der Waals surface area contributed by atoms with Crippen molar-refractivity contribution in [1.29, 1.82) is 0 Å². The molecule has 5 rings (SSSR count). The van der Waals surface area contributed by atoms with E-state index in [9.17, 15) is 0 Å². The van der Waals surface area contributed by atoms with Crippen LogP contribution in [0.15, 0.2) is 66.8 Å². The van der Waals surface area contributed by atoms with E-state index in [0.717, 1.165) is 29.6 Å². The van der Waals surface area contributed by atoms with Gasteiger partial charge >= 0.3 is 0 Å². The lowest BCUT2D eigenvalue weighted by molar-refractivity contribution is 0.185. The third-order valence-corrected chi connectivity index (χ3v) is 9.96. The van der Waals surface area contributed by atoms with Gasteiger partial charge in [0.05, 0.1) is 0 Å². The Hall–Kier alpha value is -2.08. The molecular weight excluding hydrogens is 432 g/mol. The normalized spacial score (nSPS) is 29.0. The summed E-state index contributed by atoms with van der Waals surface area (Å²) < 4.78 is 0. The Morgan fingerprint density at radius 1 is 0.694 bits per heavy atom. The van der Waals surface area contributed by atoms with Gasteiger partial charge in [0.1, 0.15) is 0 Å². The Morgan fingerprint density at radius 2 is 1.44 bits per heavy atom. The van der Waals surface area contributed by atoms with Crippen molar-refractivity contribution in [3.63, 3.8) is 0 Å². The van der Waals surface area contributed by atoms with E-state index >= 15 is 0 Å². The van der Waals surface area contributed by atoms with Crippen molar-refractivity contribution in [3.05, 3.63) is 83.5 Å². The second kappa shape index (κ2) is 12.4. The minimum atomic E-state index is 0.754. The second-order valence-electron chi connectivity index (χ2n) is 12.2. The zero-order chi connectivity index (χ0) is 24.7. The van der Waals surface area contributed by atoms with E-state index in [-0.39, 0.29) is 0 Å². The minimum Gasteiger partial charge on any atom is -0.0917 e. The molecule has 0 heteroatoms. The largest absolute Gasteiger partial charge is 0.0917 e. The molecule has 192 valence electrons. The Bertz CT molecular complexity index is 1010. The lowest BCUT2D eigenvalue weighted by Gasteiger charge is -2.36. The van der Waals surface area contributed by atoms with Crippen LogP contribution in [-0.4, -0.2) is 0 Å². The summed E-state index contributed by atoms with van der Waals surface area (Å²) in [7, 11) is 0. The summed E-state index contributed by atoms with van der Waals surface area (Å²) >= 11 is 0. The van der Waals surface area contributed by atoms with E-state index in [1.165, 1.54) is 94.6 Å². The van der Waals surface area contributed by atoms with Gasteiger partial charge in [0.25, 0.3) is 0 Å². The number of hydrogen-bond donors (Lipinski definition) is 0. The summed E-state index contributed by atoms with van der Waals surface area (Å²) in [4.78, 5) is 0. The summed E-state index contributed by atoms with van der Waals surface area (Å²) in [5, 5.41) is 0. The molecule has 0 saturated heterocycles. The van der Waals surface area contributed by atoms with Gasteiger partial charge in [-0.3, -0.25) is 0 Å². The standard InChI is InChI=1S/C36H48/c1-3-5-6-8-28-11-15-31(16-12-28)33-21-23-36-26-34(22-24-35(36)25-33)32-19-17-30(18-20-32)29-13-9-27(7-4-2)10-14-29/h3-5,7,17-20,22,24,26-29,31,33H,6,8-16,21,23,25H2,1-2H3/b5-3+,7-4+. The van der Waals surface area contributed by atoms with Crippen molar-refractivity contribution in [2.45, 2.75) is 103 Å². The highest BCUT2D eigenvalue weighted by atomic mass is 14.3. The van der Waals surface area contributed by atoms with Crippen LogP contribution < -0.4 is 0 Å². The van der Waals surface area contributed by atoms with Gasteiger partial charge in [-0.05, 0) is 142 Å². The van der Waals surface area contributed by atoms with Crippen molar-refractivity contribution in [2.75, 3.05) is 0 Å². The molecular formula is C36H48.